The number of benzene rings is 2. The second kappa shape index (κ2) is 11.5. The molecule has 0 saturated carbocycles. The molecular weight excluding hydrogens is 384 g/mol. The van der Waals surface area contributed by atoms with Crippen molar-refractivity contribution in [1.29, 1.82) is 0 Å². The van der Waals surface area contributed by atoms with Crippen LogP contribution in [0.25, 0.3) is 0 Å². The van der Waals surface area contributed by atoms with Crippen LogP contribution in [0, 0.1) is 6.92 Å². The Labute approximate surface area is 177 Å². The van der Waals surface area contributed by atoms with Gasteiger partial charge in [0.05, 0.1) is 12.9 Å². The predicted octanol–water partition coefficient (Wildman–Crippen LogP) is 3.79. The van der Waals surface area contributed by atoms with Crippen molar-refractivity contribution in [3.63, 3.8) is 0 Å². The first-order valence-electron chi connectivity index (χ1n) is 9.78. The fraction of sp³-hybridized carbons (Fsp3) is 0.391. The maximum Gasteiger partial charge on any atom is 0.242 e. The molecule has 5 nitrogen and oxygen atoms in total. The molecule has 0 aliphatic carbocycles. The zero-order valence-corrected chi connectivity index (χ0v) is 18.4. The van der Waals surface area contributed by atoms with Crippen molar-refractivity contribution in [3.8, 4) is 5.75 Å². The van der Waals surface area contributed by atoms with E-state index in [0.717, 1.165) is 17.1 Å². The Balaban J connectivity index is 2.04. The van der Waals surface area contributed by atoms with Gasteiger partial charge in [-0.25, -0.2) is 0 Å². The van der Waals surface area contributed by atoms with E-state index in [1.165, 1.54) is 11.1 Å². The summed E-state index contributed by atoms with van der Waals surface area (Å²) in [6.45, 7) is 6.62. The van der Waals surface area contributed by atoms with Gasteiger partial charge in [0, 0.05) is 18.8 Å². The molecule has 0 radical (unpaired) electrons. The van der Waals surface area contributed by atoms with Crippen molar-refractivity contribution >= 4 is 23.6 Å². The topological polar surface area (TPSA) is 58.6 Å². The van der Waals surface area contributed by atoms with Gasteiger partial charge in [0.2, 0.25) is 11.8 Å². The predicted molar refractivity (Wildman–Crippen MR) is 119 cm³/mol. The number of likely N-dealkylation sites (N-methyl/N-ethyl adjacent to an activating group) is 1. The van der Waals surface area contributed by atoms with E-state index in [1.807, 2.05) is 31.2 Å². The van der Waals surface area contributed by atoms with Crippen LogP contribution in [-0.4, -0.2) is 42.2 Å². The number of carbonyl (C=O) groups is 2. The van der Waals surface area contributed by atoms with Crippen LogP contribution in [0.3, 0.4) is 0 Å². The molecule has 2 amide bonds. The zero-order valence-electron chi connectivity index (χ0n) is 17.6. The fourth-order valence-electron chi connectivity index (χ4n) is 2.86. The van der Waals surface area contributed by atoms with E-state index >= 15 is 0 Å². The summed E-state index contributed by atoms with van der Waals surface area (Å²) in [6, 6.07) is 15.3. The molecule has 0 aromatic heterocycles. The van der Waals surface area contributed by atoms with Gasteiger partial charge in [0.15, 0.2) is 0 Å². The van der Waals surface area contributed by atoms with E-state index in [-0.39, 0.29) is 11.8 Å². The van der Waals surface area contributed by atoms with Gasteiger partial charge in [-0.3, -0.25) is 9.59 Å². The van der Waals surface area contributed by atoms with Gasteiger partial charge in [-0.15, -0.1) is 11.8 Å². The smallest absolute Gasteiger partial charge is 0.242 e. The summed E-state index contributed by atoms with van der Waals surface area (Å²) < 4.78 is 5.19. The Morgan fingerprint density at radius 3 is 2.28 bits per heavy atom. The van der Waals surface area contributed by atoms with Crippen LogP contribution in [-0.2, 0) is 21.9 Å². The van der Waals surface area contributed by atoms with Crippen LogP contribution >= 0.6 is 11.8 Å². The molecule has 0 aliphatic heterocycles. The summed E-state index contributed by atoms with van der Waals surface area (Å²) in [7, 11) is 1.62. The number of hydrogen-bond acceptors (Lipinski definition) is 4. The average molecular weight is 415 g/mol. The Hall–Kier alpha value is -2.47. The number of rotatable bonds is 10. The minimum atomic E-state index is -0.537. The lowest BCUT2D eigenvalue weighted by molar-refractivity contribution is -0.138. The van der Waals surface area contributed by atoms with Gasteiger partial charge < -0.3 is 15.0 Å². The van der Waals surface area contributed by atoms with Crippen LogP contribution < -0.4 is 10.1 Å². The van der Waals surface area contributed by atoms with Crippen LogP contribution in [0.5, 0.6) is 5.75 Å². The number of hydrogen-bond donors (Lipinski definition) is 1. The molecule has 0 unspecified atom stereocenters. The van der Waals surface area contributed by atoms with Crippen molar-refractivity contribution in [1.82, 2.24) is 10.2 Å². The molecule has 0 fully saturated rings. The highest BCUT2D eigenvalue weighted by Gasteiger charge is 2.25. The summed E-state index contributed by atoms with van der Waals surface area (Å²) >= 11 is 1.56. The fourth-order valence-corrected chi connectivity index (χ4v) is 3.73. The van der Waals surface area contributed by atoms with Crippen molar-refractivity contribution < 1.29 is 14.3 Å². The Bertz CT molecular complexity index is 791. The second-order valence-electron chi connectivity index (χ2n) is 6.92. The van der Waals surface area contributed by atoms with E-state index in [1.54, 1.807) is 30.7 Å². The first kappa shape index (κ1) is 22.8. The average Bonchev–Trinajstić information content (AvgIpc) is 2.73. The highest BCUT2D eigenvalue weighted by atomic mass is 32.2. The summed E-state index contributed by atoms with van der Waals surface area (Å²) in [5, 5.41) is 2.81. The minimum Gasteiger partial charge on any atom is -0.497 e. The molecule has 1 N–H and O–H groups in total. The molecule has 0 heterocycles. The number of thioether (sulfide) groups is 1. The first-order valence-corrected chi connectivity index (χ1v) is 10.9. The van der Waals surface area contributed by atoms with Gasteiger partial charge in [-0.1, -0.05) is 42.0 Å². The van der Waals surface area contributed by atoms with Crippen molar-refractivity contribution in [3.05, 3.63) is 65.2 Å². The SMILES string of the molecule is CCNC(=O)[C@@H](C)N(Cc1ccc(OC)cc1)C(=O)CSCc1ccc(C)cc1. The molecule has 156 valence electrons. The Morgan fingerprint density at radius 1 is 1.07 bits per heavy atom. The number of nitrogens with one attached hydrogen (secondary N) is 1. The van der Waals surface area contributed by atoms with Crippen LogP contribution in [0.1, 0.15) is 30.5 Å². The molecule has 2 aromatic rings. The first-order chi connectivity index (χ1) is 13.9. The molecule has 0 aliphatic rings. The largest absolute Gasteiger partial charge is 0.497 e. The van der Waals surface area contributed by atoms with Crippen LogP contribution in [0.2, 0.25) is 0 Å². The van der Waals surface area contributed by atoms with E-state index in [4.69, 9.17) is 4.74 Å². The van der Waals surface area contributed by atoms with E-state index in [0.29, 0.717) is 18.8 Å². The molecule has 29 heavy (non-hydrogen) atoms. The standard InChI is InChI=1S/C23H30N2O3S/c1-5-24-23(27)18(3)25(14-19-10-12-21(28-4)13-11-19)22(26)16-29-15-20-8-6-17(2)7-9-20/h6-13,18H,5,14-16H2,1-4H3,(H,24,27)/t18-/m1/s1. The third kappa shape index (κ3) is 7.13. The number of aryl methyl sites for hydroxylation is 1. The van der Waals surface area contributed by atoms with Gasteiger partial charge in [0.25, 0.3) is 0 Å². The van der Waals surface area contributed by atoms with Crippen LogP contribution in [0.15, 0.2) is 48.5 Å². The van der Waals surface area contributed by atoms with Crippen molar-refractivity contribution in [2.75, 3.05) is 19.4 Å². The molecule has 1 atom stereocenters. The van der Waals surface area contributed by atoms with Crippen molar-refractivity contribution in [2.45, 2.75) is 39.1 Å². The molecule has 0 spiro atoms. The maximum atomic E-state index is 13.0. The normalized spacial score (nSPS) is 11.6. The van der Waals surface area contributed by atoms with Gasteiger partial charge >= 0.3 is 0 Å². The zero-order chi connectivity index (χ0) is 21.2. The van der Waals surface area contributed by atoms with Crippen LogP contribution in [0.4, 0.5) is 0 Å². The number of ether oxygens (including phenoxy) is 1. The third-order valence-corrected chi connectivity index (χ3v) is 5.63. The minimum absolute atomic E-state index is 0.0447. The molecule has 0 saturated heterocycles. The summed E-state index contributed by atoms with van der Waals surface area (Å²) in [5.74, 6) is 1.66. The van der Waals surface area contributed by atoms with E-state index in [9.17, 15) is 9.59 Å². The van der Waals surface area contributed by atoms with Gasteiger partial charge in [-0.2, -0.15) is 0 Å². The summed E-state index contributed by atoms with van der Waals surface area (Å²) in [6.07, 6.45) is 0. The van der Waals surface area contributed by atoms with E-state index in [2.05, 4.69) is 36.5 Å². The molecule has 2 aromatic carbocycles. The lowest BCUT2D eigenvalue weighted by Crippen LogP contribution is -2.48. The summed E-state index contributed by atoms with van der Waals surface area (Å²) in [4.78, 5) is 27.0. The third-order valence-electron chi connectivity index (χ3n) is 4.65. The highest BCUT2D eigenvalue weighted by Crippen LogP contribution is 2.18. The number of nitrogens with zero attached hydrogens (tertiary/aromatic N) is 1. The molecular formula is C23H30N2O3S. The number of carbonyl (C=O) groups excluding carboxylic acids is 2. The molecule has 2 rings (SSSR count). The molecule has 6 heteroatoms. The van der Waals surface area contributed by atoms with E-state index < -0.39 is 6.04 Å². The van der Waals surface area contributed by atoms with Gasteiger partial charge in [-0.05, 0) is 44.0 Å². The molecule has 0 bridgehead atoms. The monoisotopic (exact) mass is 414 g/mol. The number of amides is 2. The van der Waals surface area contributed by atoms with Gasteiger partial charge in [0.1, 0.15) is 11.8 Å². The number of methoxy groups -OCH3 is 1. The highest BCUT2D eigenvalue weighted by molar-refractivity contribution is 7.99. The second-order valence-corrected chi connectivity index (χ2v) is 7.90. The quantitative estimate of drug-likeness (QED) is 0.643. The lowest BCUT2D eigenvalue weighted by Gasteiger charge is -2.28. The van der Waals surface area contributed by atoms with Crippen molar-refractivity contribution in [2.24, 2.45) is 0 Å². The maximum absolute atomic E-state index is 13.0. The Morgan fingerprint density at radius 2 is 1.69 bits per heavy atom. The Kier molecular flexibility index (Phi) is 9.06. The lowest BCUT2D eigenvalue weighted by atomic mass is 10.1. The summed E-state index contributed by atoms with van der Waals surface area (Å²) in [5.41, 5.74) is 3.36.